The van der Waals surface area contributed by atoms with Gasteiger partial charge in [-0.25, -0.2) is 4.98 Å². The maximum atomic E-state index is 13.5. The van der Waals surface area contributed by atoms with Gasteiger partial charge in [-0.05, 0) is 6.54 Å². The van der Waals surface area contributed by atoms with Crippen LogP contribution in [-0.2, 0) is 11.8 Å². The van der Waals surface area contributed by atoms with E-state index < -0.39 is 16.8 Å². The Labute approximate surface area is 87.7 Å². The highest BCUT2D eigenvalue weighted by atomic mass is 19.1. The Bertz CT molecular complexity index is 406. The van der Waals surface area contributed by atoms with Crippen molar-refractivity contribution in [2.24, 2.45) is 5.73 Å². The zero-order chi connectivity index (χ0) is 11.6. The number of nitrogens with two attached hydrogens (primary N) is 1. The van der Waals surface area contributed by atoms with Crippen LogP contribution in [0.2, 0.25) is 0 Å². The van der Waals surface area contributed by atoms with E-state index in [1.54, 1.807) is 0 Å². The van der Waals surface area contributed by atoms with Gasteiger partial charge >= 0.3 is 0 Å². The van der Waals surface area contributed by atoms with E-state index in [9.17, 15) is 9.18 Å². The molecule has 5 heteroatoms. The first-order valence-corrected chi connectivity index (χ1v) is 4.85. The first-order valence-electron chi connectivity index (χ1n) is 4.85. The van der Waals surface area contributed by atoms with E-state index in [4.69, 9.17) is 5.73 Å². The second kappa shape index (κ2) is 4.10. The maximum absolute atomic E-state index is 13.5. The van der Waals surface area contributed by atoms with Gasteiger partial charge in [0.15, 0.2) is 0 Å². The van der Waals surface area contributed by atoms with E-state index in [2.05, 4.69) is 9.97 Å². The van der Waals surface area contributed by atoms with Gasteiger partial charge in [0.1, 0.15) is 5.82 Å². The molecule has 0 fully saturated rings. The number of nitrogens with zero attached hydrogens (tertiary/aromatic N) is 1. The predicted molar refractivity (Wildman–Crippen MR) is 56.3 cm³/mol. The quantitative estimate of drug-likeness (QED) is 0.760. The Morgan fingerprint density at radius 1 is 1.47 bits per heavy atom. The highest BCUT2D eigenvalue weighted by Gasteiger charge is 2.23. The summed E-state index contributed by atoms with van der Waals surface area (Å²) in [4.78, 5) is 17.7. The highest BCUT2D eigenvalue weighted by molar-refractivity contribution is 5.15. The van der Waals surface area contributed by atoms with Gasteiger partial charge in [-0.3, -0.25) is 4.79 Å². The summed E-state index contributed by atoms with van der Waals surface area (Å²) in [6.07, 6.45) is 0.443. The summed E-state index contributed by atoms with van der Waals surface area (Å²) in [5, 5.41) is 0. The number of H-pyrrole nitrogens is 1. The third-order valence-electron chi connectivity index (χ3n) is 2.00. The lowest BCUT2D eigenvalue weighted by molar-refractivity contribution is 0.486. The Balaban J connectivity index is 3.32. The van der Waals surface area contributed by atoms with Crippen LogP contribution in [0, 0.1) is 5.82 Å². The molecule has 0 spiro atoms. The molecule has 0 amide bonds. The van der Waals surface area contributed by atoms with Gasteiger partial charge < -0.3 is 10.7 Å². The van der Waals surface area contributed by atoms with Crippen molar-refractivity contribution in [2.75, 3.05) is 6.54 Å². The molecular formula is C10H16FN3O. The fourth-order valence-corrected chi connectivity index (χ4v) is 1.26. The van der Waals surface area contributed by atoms with Crippen LogP contribution in [-0.4, -0.2) is 16.5 Å². The molecule has 4 nitrogen and oxygen atoms in total. The van der Waals surface area contributed by atoms with Crippen molar-refractivity contribution in [3.05, 3.63) is 27.7 Å². The van der Waals surface area contributed by atoms with Crippen LogP contribution in [0.25, 0.3) is 0 Å². The average Bonchev–Trinajstić information content (AvgIpc) is 2.09. The molecule has 0 saturated heterocycles. The summed E-state index contributed by atoms with van der Waals surface area (Å²) < 4.78 is 13.5. The van der Waals surface area contributed by atoms with Crippen LogP contribution in [0.1, 0.15) is 32.3 Å². The van der Waals surface area contributed by atoms with Crippen molar-refractivity contribution in [2.45, 2.75) is 32.6 Å². The summed E-state index contributed by atoms with van der Waals surface area (Å²) in [5.41, 5.74) is 4.33. The fourth-order valence-electron chi connectivity index (χ4n) is 1.26. The van der Waals surface area contributed by atoms with E-state index in [0.29, 0.717) is 18.8 Å². The molecule has 0 aliphatic heterocycles. The molecule has 3 N–H and O–H groups in total. The lowest BCUT2D eigenvalue weighted by Gasteiger charge is -2.18. The summed E-state index contributed by atoms with van der Waals surface area (Å²) in [5.74, 6) is -0.364. The Morgan fingerprint density at radius 2 is 2.07 bits per heavy atom. The molecule has 1 rings (SSSR count). The topological polar surface area (TPSA) is 71.8 Å². The molecule has 0 aliphatic carbocycles. The number of aromatic nitrogens is 2. The van der Waals surface area contributed by atoms with Gasteiger partial charge in [-0.2, -0.15) is 4.39 Å². The standard InChI is InChI=1S/C10H16FN3O/c1-10(2,3)8-7(11)9(15)14-6(13-8)4-5-12/h4-5,12H2,1-3H3,(H,13,14,15). The predicted octanol–water partition coefficient (Wildman–Crippen LogP) is 0.708. The summed E-state index contributed by atoms with van der Waals surface area (Å²) in [6, 6.07) is 0. The van der Waals surface area contributed by atoms with Crippen molar-refractivity contribution in [3.8, 4) is 0 Å². The molecule has 0 radical (unpaired) electrons. The smallest absolute Gasteiger partial charge is 0.287 e. The van der Waals surface area contributed by atoms with Crippen LogP contribution in [0.3, 0.4) is 0 Å². The SMILES string of the molecule is CC(C)(C)c1nc(CCN)[nH]c(=O)c1F. The first-order chi connectivity index (χ1) is 6.86. The van der Waals surface area contributed by atoms with Crippen LogP contribution in [0.5, 0.6) is 0 Å². The zero-order valence-corrected chi connectivity index (χ0v) is 9.22. The molecule has 15 heavy (non-hydrogen) atoms. The number of rotatable bonds is 2. The van der Waals surface area contributed by atoms with Crippen molar-refractivity contribution in [1.82, 2.24) is 9.97 Å². The van der Waals surface area contributed by atoms with Gasteiger partial charge in [-0.1, -0.05) is 20.8 Å². The Hall–Kier alpha value is -1.23. The van der Waals surface area contributed by atoms with Crippen LogP contribution in [0.15, 0.2) is 4.79 Å². The monoisotopic (exact) mass is 213 g/mol. The van der Waals surface area contributed by atoms with E-state index in [1.165, 1.54) is 0 Å². The summed E-state index contributed by atoms with van der Waals surface area (Å²) in [6.45, 7) is 5.80. The van der Waals surface area contributed by atoms with Crippen molar-refractivity contribution < 1.29 is 4.39 Å². The molecule has 0 unspecified atom stereocenters. The third kappa shape index (κ3) is 2.62. The highest BCUT2D eigenvalue weighted by Crippen LogP contribution is 2.20. The maximum Gasteiger partial charge on any atom is 0.287 e. The van der Waals surface area contributed by atoms with E-state index in [1.807, 2.05) is 20.8 Å². The molecule has 1 aromatic heterocycles. The second-order valence-electron chi connectivity index (χ2n) is 4.46. The molecule has 0 bridgehead atoms. The van der Waals surface area contributed by atoms with Crippen LogP contribution >= 0.6 is 0 Å². The Morgan fingerprint density at radius 3 is 2.53 bits per heavy atom. The van der Waals surface area contributed by atoms with Crippen molar-refractivity contribution in [1.29, 1.82) is 0 Å². The number of nitrogens with one attached hydrogen (secondary N) is 1. The molecule has 84 valence electrons. The lowest BCUT2D eigenvalue weighted by Crippen LogP contribution is -2.26. The molecule has 0 aliphatic rings. The van der Waals surface area contributed by atoms with Crippen molar-refractivity contribution >= 4 is 0 Å². The molecule has 0 atom stereocenters. The number of aromatic amines is 1. The van der Waals surface area contributed by atoms with Gasteiger partial charge in [0.25, 0.3) is 5.56 Å². The molecule has 0 saturated carbocycles. The first kappa shape index (κ1) is 11.8. The largest absolute Gasteiger partial charge is 0.330 e. The van der Waals surface area contributed by atoms with Gasteiger partial charge in [-0.15, -0.1) is 0 Å². The summed E-state index contributed by atoms with van der Waals surface area (Å²) >= 11 is 0. The number of hydrogen-bond acceptors (Lipinski definition) is 3. The number of halogens is 1. The Kier molecular flexibility index (Phi) is 3.24. The third-order valence-corrected chi connectivity index (χ3v) is 2.00. The molecular weight excluding hydrogens is 197 g/mol. The van der Waals surface area contributed by atoms with E-state index in [-0.39, 0.29) is 5.69 Å². The van der Waals surface area contributed by atoms with Gasteiger partial charge in [0.2, 0.25) is 5.82 Å². The zero-order valence-electron chi connectivity index (χ0n) is 9.22. The minimum absolute atomic E-state index is 0.190. The minimum atomic E-state index is -0.803. The molecule has 1 heterocycles. The van der Waals surface area contributed by atoms with Gasteiger partial charge in [0.05, 0.1) is 5.69 Å². The average molecular weight is 213 g/mol. The lowest BCUT2D eigenvalue weighted by atomic mass is 9.91. The molecule has 0 aromatic carbocycles. The van der Waals surface area contributed by atoms with E-state index in [0.717, 1.165) is 0 Å². The van der Waals surface area contributed by atoms with Crippen LogP contribution < -0.4 is 11.3 Å². The normalized spacial score (nSPS) is 11.8. The van der Waals surface area contributed by atoms with Crippen LogP contribution in [0.4, 0.5) is 4.39 Å². The molecule has 1 aromatic rings. The fraction of sp³-hybridized carbons (Fsp3) is 0.600. The second-order valence-corrected chi connectivity index (χ2v) is 4.46. The minimum Gasteiger partial charge on any atom is -0.330 e. The van der Waals surface area contributed by atoms with Crippen molar-refractivity contribution in [3.63, 3.8) is 0 Å². The van der Waals surface area contributed by atoms with E-state index >= 15 is 0 Å². The number of hydrogen-bond donors (Lipinski definition) is 2. The van der Waals surface area contributed by atoms with Gasteiger partial charge in [0, 0.05) is 11.8 Å². The summed E-state index contributed by atoms with van der Waals surface area (Å²) in [7, 11) is 0.